The van der Waals surface area contributed by atoms with Gasteiger partial charge in [-0.1, -0.05) is 0 Å². The molecule has 1 aromatic heterocycles. The molecular formula is C11H18N4O. The normalized spacial score (nSPS) is 15.4. The summed E-state index contributed by atoms with van der Waals surface area (Å²) >= 11 is 0. The molecule has 1 amide bonds. The first-order valence-electron chi connectivity index (χ1n) is 5.67. The van der Waals surface area contributed by atoms with Gasteiger partial charge in [-0.15, -0.1) is 0 Å². The smallest absolute Gasteiger partial charge is 0.254 e. The van der Waals surface area contributed by atoms with Crippen molar-refractivity contribution in [3.63, 3.8) is 0 Å². The number of rotatable bonds is 5. The van der Waals surface area contributed by atoms with Gasteiger partial charge in [0.25, 0.3) is 5.91 Å². The van der Waals surface area contributed by atoms with Gasteiger partial charge in [-0.3, -0.25) is 9.89 Å². The molecule has 0 aliphatic heterocycles. The highest BCUT2D eigenvalue weighted by atomic mass is 16.1. The molecule has 1 saturated carbocycles. The molecule has 2 rings (SSSR count). The Morgan fingerprint density at radius 3 is 3.00 bits per heavy atom. The van der Waals surface area contributed by atoms with Crippen LogP contribution in [0.3, 0.4) is 0 Å². The van der Waals surface area contributed by atoms with Gasteiger partial charge >= 0.3 is 0 Å². The maximum absolute atomic E-state index is 11.7. The average Bonchev–Trinajstić information content (AvgIpc) is 3.01. The lowest BCUT2D eigenvalue weighted by Crippen LogP contribution is -2.34. The highest BCUT2D eigenvalue weighted by molar-refractivity contribution is 5.94. The number of aromatic amines is 1. The Bertz CT molecular complexity index is 370. The molecule has 0 spiro atoms. The molecule has 0 bridgehead atoms. The zero-order chi connectivity index (χ0) is 11.5. The fraction of sp³-hybridized carbons (Fsp3) is 0.636. The van der Waals surface area contributed by atoms with E-state index in [9.17, 15) is 4.79 Å². The first-order chi connectivity index (χ1) is 7.68. The van der Waals surface area contributed by atoms with Crippen LogP contribution in [0.2, 0.25) is 0 Å². The van der Waals surface area contributed by atoms with Crippen LogP contribution in [0.15, 0.2) is 6.20 Å². The van der Waals surface area contributed by atoms with E-state index in [0.717, 1.165) is 18.3 Å². The maximum atomic E-state index is 11.7. The molecule has 2 N–H and O–H groups in total. The molecule has 0 unspecified atom stereocenters. The van der Waals surface area contributed by atoms with Crippen molar-refractivity contribution >= 4 is 5.91 Å². The highest BCUT2D eigenvalue weighted by Crippen LogP contribution is 2.24. The SMILES string of the molecule is Cc1[nH]ncc1C(=O)NCCN(C)C1CC1. The summed E-state index contributed by atoms with van der Waals surface area (Å²) < 4.78 is 0. The fourth-order valence-corrected chi connectivity index (χ4v) is 1.72. The summed E-state index contributed by atoms with van der Waals surface area (Å²) in [5.74, 6) is -0.0459. The highest BCUT2D eigenvalue weighted by Gasteiger charge is 2.25. The van der Waals surface area contributed by atoms with Crippen LogP contribution in [0, 0.1) is 6.92 Å². The monoisotopic (exact) mass is 222 g/mol. The van der Waals surface area contributed by atoms with Crippen LogP contribution in [-0.4, -0.2) is 47.2 Å². The van der Waals surface area contributed by atoms with Gasteiger partial charge < -0.3 is 10.2 Å². The predicted octanol–water partition coefficient (Wildman–Crippen LogP) is 0.542. The van der Waals surface area contributed by atoms with E-state index in [1.165, 1.54) is 12.8 Å². The minimum absolute atomic E-state index is 0.0459. The van der Waals surface area contributed by atoms with Crippen LogP contribution in [0.1, 0.15) is 28.9 Å². The number of nitrogens with zero attached hydrogens (tertiary/aromatic N) is 2. The van der Waals surface area contributed by atoms with Gasteiger partial charge in [0.05, 0.1) is 11.8 Å². The third-order valence-corrected chi connectivity index (χ3v) is 2.99. The van der Waals surface area contributed by atoms with E-state index in [2.05, 4.69) is 27.5 Å². The number of carbonyl (C=O) groups excluding carboxylic acids is 1. The van der Waals surface area contributed by atoms with Crippen LogP contribution >= 0.6 is 0 Å². The minimum atomic E-state index is -0.0459. The first-order valence-corrected chi connectivity index (χ1v) is 5.67. The van der Waals surface area contributed by atoms with E-state index in [1.54, 1.807) is 6.20 Å². The number of aryl methyl sites for hydroxylation is 1. The topological polar surface area (TPSA) is 61.0 Å². The summed E-state index contributed by atoms with van der Waals surface area (Å²) in [6.45, 7) is 3.45. The average molecular weight is 222 g/mol. The lowest BCUT2D eigenvalue weighted by molar-refractivity contribution is 0.0949. The van der Waals surface area contributed by atoms with Crippen molar-refractivity contribution in [2.75, 3.05) is 20.1 Å². The summed E-state index contributed by atoms with van der Waals surface area (Å²) in [5, 5.41) is 9.48. The molecule has 1 aliphatic rings. The van der Waals surface area contributed by atoms with E-state index in [1.807, 2.05) is 6.92 Å². The lowest BCUT2D eigenvalue weighted by Gasteiger charge is -2.15. The molecule has 0 saturated heterocycles. The molecule has 0 radical (unpaired) electrons. The first kappa shape index (κ1) is 11.1. The van der Waals surface area contributed by atoms with Crippen LogP contribution < -0.4 is 5.32 Å². The number of hydrogen-bond acceptors (Lipinski definition) is 3. The lowest BCUT2D eigenvalue weighted by atomic mass is 10.2. The van der Waals surface area contributed by atoms with E-state index >= 15 is 0 Å². The second kappa shape index (κ2) is 4.65. The Hall–Kier alpha value is -1.36. The summed E-state index contributed by atoms with van der Waals surface area (Å²) in [6.07, 6.45) is 4.16. The summed E-state index contributed by atoms with van der Waals surface area (Å²) in [4.78, 5) is 14.0. The molecule has 0 aromatic carbocycles. The molecule has 5 nitrogen and oxygen atoms in total. The second-order valence-electron chi connectivity index (χ2n) is 4.38. The quantitative estimate of drug-likeness (QED) is 0.764. The molecule has 1 fully saturated rings. The number of nitrogens with one attached hydrogen (secondary N) is 2. The van der Waals surface area contributed by atoms with Crippen molar-refractivity contribution in [1.29, 1.82) is 0 Å². The molecular weight excluding hydrogens is 204 g/mol. The third kappa shape index (κ3) is 2.61. The van der Waals surface area contributed by atoms with Crippen molar-refractivity contribution in [3.05, 3.63) is 17.5 Å². The zero-order valence-electron chi connectivity index (χ0n) is 9.79. The van der Waals surface area contributed by atoms with Gasteiger partial charge in [-0.25, -0.2) is 0 Å². The van der Waals surface area contributed by atoms with E-state index < -0.39 is 0 Å². The number of carbonyl (C=O) groups is 1. The molecule has 0 atom stereocenters. The maximum Gasteiger partial charge on any atom is 0.254 e. The van der Waals surface area contributed by atoms with Gasteiger partial charge in [0, 0.05) is 24.8 Å². The zero-order valence-corrected chi connectivity index (χ0v) is 9.79. The third-order valence-electron chi connectivity index (χ3n) is 2.99. The second-order valence-corrected chi connectivity index (χ2v) is 4.38. The molecule has 1 aliphatic carbocycles. The molecule has 1 heterocycles. The Kier molecular flexibility index (Phi) is 3.24. The van der Waals surface area contributed by atoms with Crippen molar-refractivity contribution in [1.82, 2.24) is 20.4 Å². The van der Waals surface area contributed by atoms with Crippen molar-refractivity contribution < 1.29 is 4.79 Å². The summed E-state index contributed by atoms with van der Waals surface area (Å²) in [6, 6.07) is 0.743. The standard InChI is InChI=1S/C11H18N4O/c1-8-10(7-13-14-8)11(16)12-5-6-15(2)9-3-4-9/h7,9H,3-6H2,1-2H3,(H,12,16)(H,13,14). The van der Waals surface area contributed by atoms with E-state index in [4.69, 9.17) is 0 Å². The van der Waals surface area contributed by atoms with E-state index in [0.29, 0.717) is 12.1 Å². The largest absolute Gasteiger partial charge is 0.351 e. The Labute approximate surface area is 95.2 Å². The number of amides is 1. The van der Waals surface area contributed by atoms with Crippen LogP contribution in [0.4, 0.5) is 0 Å². The summed E-state index contributed by atoms with van der Waals surface area (Å²) in [5.41, 5.74) is 1.45. The van der Waals surface area contributed by atoms with Crippen LogP contribution in [-0.2, 0) is 0 Å². The van der Waals surface area contributed by atoms with Gasteiger partial charge in [-0.2, -0.15) is 5.10 Å². The number of H-pyrrole nitrogens is 1. The van der Waals surface area contributed by atoms with Crippen LogP contribution in [0.25, 0.3) is 0 Å². The predicted molar refractivity (Wildman–Crippen MR) is 61.3 cm³/mol. The van der Waals surface area contributed by atoms with E-state index in [-0.39, 0.29) is 5.91 Å². The van der Waals surface area contributed by atoms with Crippen molar-refractivity contribution in [3.8, 4) is 0 Å². The van der Waals surface area contributed by atoms with Crippen molar-refractivity contribution in [2.24, 2.45) is 0 Å². The van der Waals surface area contributed by atoms with Gasteiger partial charge in [0.1, 0.15) is 0 Å². The van der Waals surface area contributed by atoms with Gasteiger partial charge in [0.2, 0.25) is 0 Å². The molecule has 16 heavy (non-hydrogen) atoms. The summed E-state index contributed by atoms with van der Waals surface area (Å²) in [7, 11) is 2.10. The molecule has 5 heteroatoms. The number of likely N-dealkylation sites (N-methyl/N-ethyl adjacent to an activating group) is 1. The number of hydrogen-bond donors (Lipinski definition) is 2. The Balaban J connectivity index is 1.73. The number of aromatic nitrogens is 2. The van der Waals surface area contributed by atoms with Crippen LogP contribution in [0.5, 0.6) is 0 Å². The Morgan fingerprint density at radius 2 is 2.44 bits per heavy atom. The van der Waals surface area contributed by atoms with Gasteiger partial charge in [0.15, 0.2) is 0 Å². The fourth-order valence-electron chi connectivity index (χ4n) is 1.72. The molecule has 88 valence electrons. The Morgan fingerprint density at radius 1 is 1.69 bits per heavy atom. The minimum Gasteiger partial charge on any atom is -0.351 e. The van der Waals surface area contributed by atoms with Crippen molar-refractivity contribution in [2.45, 2.75) is 25.8 Å². The van der Waals surface area contributed by atoms with Gasteiger partial charge in [-0.05, 0) is 26.8 Å². The molecule has 1 aromatic rings.